The molecule has 0 radical (unpaired) electrons. The second kappa shape index (κ2) is 6.40. The summed E-state index contributed by atoms with van der Waals surface area (Å²) in [5.74, 6) is 0.712. The molecule has 0 heterocycles. The quantitative estimate of drug-likeness (QED) is 0.786. The highest BCUT2D eigenvalue weighted by atomic mass is 16.5. The van der Waals surface area contributed by atoms with Gasteiger partial charge in [0.05, 0.1) is 13.0 Å². The Morgan fingerprint density at radius 2 is 1.83 bits per heavy atom. The fourth-order valence-electron chi connectivity index (χ4n) is 1.51. The third-order valence-corrected chi connectivity index (χ3v) is 2.58. The zero-order valence-corrected chi connectivity index (χ0v) is 11.5. The minimum atomic E-state index is -0.0798. The summed E-state index contributed by atoms with van der Waals surface area (Å²) in [5.41, 5.74) is 6.49. The molecule has 0 unspecified atom stereocenters. The first-order valence-electron chi connectivity index (χ1n) is 6.12. The highest BCUT2D eigenvalue weighted by Gasteiger charge is 2.12. The summed E-state index contributed by atoms with van der Waals surface area (Å²) in [7, 11) is 1.66. The SMILES string of the molecule is CNNC(=O)CCOc1ccc(C(C)(C)C)cc1. The van der Waals surface area contributed by atoms with E-state index in [0.717, 1.165) is 5.75 Å². The summed E-state index contributed by atoms with van der Waals surface area (Å²) in [6.45, 7) is 6.89. The fraction of sp³-hybridized carbons (Fsp3) is 0.500. The van der Waals surface area contributed by atoms with E-state index in [1.165, 1.54) is 5.56 Å². The van der Waals surface area contributed by atoms with E-state index in [9.17, 15) is 4.79 Å². The van der Waals surface area contributed by atoms with Crippen molar-refractivity contribution >= 4 is 5.91 Å². The molecule has 0 aliphatic carbocycles. The summed E-state index contributed by atoms with van der Waals surface area (Å²) in [5, 5.41) is 0. The van der Waals surface area contributed by atoms with Gasteiger partial charge in [-0.3, -0.25) is 10.2 Å². The van der Waals surface area contributed by atoms with Crippen LogP contribution in [0.15, 0.2) is 24.3 Å². The topological polar surface area (TPSA) is 50.4 Å². The van der Waals surface area contributed by atoms with Crippen LogP contribution in [0.1, 0.15) is 32.8 Å². The lowest BCUT2D eigenvalue weighted by molar-refractivity contribution is -0.122. The van der Waals surface area contributed by atoms with Crippen molar-refractivity contribution in [2.75, 3.05) is 13.7 Å². The van der Waals surface area contributed by atoms with Crippen molar-refractivity contribution in [2.24, 2.45) is 0 Å². The van der Waals surface area contributed by atoms with E-state index < -0.39 is 0 Å². The maximum atomic E-state index is 11.2. The number of hydrazine groups is 1. The zero-order chi connectivity index (χ0) is 13.6. The number of hydrogen-bond donors (Lipinski definition) is 2. The molecule has 1 rings (SSSR count). The van der Waals surface area contributed by atoms with Crippen LogP contribution in [0.5, 0.6) is 5.75 Å². The largest absolute Gasteiger partial charge is 0.493 e. The van der Waals surface area contributed by atoms with Gasteiger partial charge in [-0.1, -0.05) is 32.9 Å². The Balaban J connectivity index is 2.42. The van der Waals surface area contributed by atoms with Crippen LogP contribution in [0.3, 0.4) is 0 Å². The minimum absolute atomic E-state index is 0.0798. The lowest BCUT2D eigenvalue weighted by Gasteiger charge is -2.19. The van der Waals surface area contributed by atoms with Crippen LogP contribution in [0.25, 0.3) is 0 Å². The lowest BCUT2D eigenvalue weighted by atomic mass is 9.87. The molecule has 1 aromatic carbocycles. The molecule has 0 spiro atoms. The van der Waals surface area contributed by atoms with Gasteiger partial charge in [-0.2, -0.15) is 0 Å². The highest BCUT2D eigenvalue weighted by molar-refractivity contribution is 5.75. The summed E-state index contributed by atoms with van der Waals surface area (Å²) < 4.78 is 5.50. The first-order chi connectivity index (χ1) is 8.43. The fourth-order valence-corrected chi connectivity index (χ4v) is 1.51. The Morgan fingerprint density at radius 1 is 1.22 bits per heavy atom. The number of ether oxygens (including phenoxy) is 1. The van der Waals surface area contributed by atoms with E-state index in [1.807, 2.05) is 12.1 Å². The van der Waals surface area contributed by atoms with Gasteiger partial charge in [-0.05, 0) is 23.1 Å². The first-order valence-corrected chi connectivity index (χ1v) is 6.12. The lowest BCUT2D eigenvalue weighted by Crippen LogP contribution is -2.34. The van der Waals surface area contributed by atoms with Gasteiger partial charge in [0.2, 0.25) is 5.91 Å². The number of nitrogens with one attached hydrogen (secondary N) is 2. The molecular weight excluding hydrogens is 228 g/mol. The molecule has 4 nitrogen and oxygen atoms in total. The van der Waals surface area contributed by atoms with E-state index in [4.69, 9.17) is 4.74 Å². The standard InChI is InChI=1S/C14H22N2O2/c1-14(2,3)11-5-7-12(8-6-11)18-10-9-13(17)16-15-4/h5-8,15H,9-10H2,1-4H3,(H,16,17). The van der Waals surface area contributed by atoms with Crippen molar-refractivity contribution < 1.29 is 9.53 Å². The number of amides is 1. The average Bonchev–Trinajstić information content (AvgIpc) is 2.29. The van der Waals surface area contributed by atoms with Crippen LogP contribution in [0, 0.1) is 0 Å². The van der Waals surface area contributed by atoms with Gasteiger partial charge in [-0.15, -0.1) is 0 Å². The Labute approximate surface area is 109 Å². The number of carbonyl (C=O) groups excluding carboxylic acids is 1. The predicted molar refractivity (Wildman–Crippen MR) is 72.5 cm³/mol. The molecule has 4 heteroatoms. The van der Waals surface area contributed by atoms with Crippen LogP contribution in [0.4, 0.5) is 0 Å². The number of rotatable bonds is 5. The van der Waals surface area contributed by atoms with Crippen molar-refractivity contribution in [2.45, 2.75) is 32.6 Å². The molecule has 0 saturated carbocycles. The zero-order valence-electron chi connectivity index (χ0n) is 11.5. The van der Waals surface area contributed by atoms with Crippen molar-refractivity contribution in [3.63, 3.8) is 0 Å². The number of hydrogen-bond acceptors (Lipinski definition) is 3. The smallest absolute Gasteiger partial charge is 0.237 e. The summed E-state index contributed by atoms with van der Waals surface area (Å²) in [6, 6.07) is 8.00. The summed E-state index contributed by atoms with van der Waals surface area (Å²) >= 11 is 0. The van der Waals surface area contributed by atoms with Gasteiger partial charge >= 0.3 is 0 Å². The van der Waals surface area contributed by atoms with Crippen LogP contribution >= 0.6 is 0 Å². The van der Waals surface area contributed by atoms with Gasteiger partial charge in [0, 0.05) is 7.05 Å². The van der Waals surface area contributed by atoms with Crippen molar-refractivity contribution in [3.05, 3.63) is 29.8 Å². The average molecular weight is 250 g/mol. The number of carbonyl (C=O) groups is 1. The molecule has 1 amide bonds. The monoisotopic (exact) mass is 250 g/mol. The molecule has 0 saturated heterocycles. The second-order valence-corrected chi connectivity index (χ2v) is 5.17. The van der Waals surface area contributed by atoms with Crippen LogP contribution in [0.2, 0.25) is 0 Å². The minimum Gasteiger partial charge on any atom is -0.493 e. The molecule has 0 aromatic heterocycles. The molecule has 0 aliphatic heterocycles. The Bertz CT molecular complexity index is 380. The van der Waals surface area contributed by atoms with Gasteiger partial charge in [0.1, 0.15) is 5.75 Å². The van der Waals surface area contributed by atoms with E-state index in [-0.39, 0.29) is 11.3 Å². The van der Waals surface area contributed by atoms with E-state index in [2.05, 4.69) is 43.8 Å². The summed E-state index contributed by atoms with van der Waals surface area (Å²) in [6.07, 6.45) is 0.335. The molecule has 0 fully saturated rings. The summed E-state index contributed by atoms with van der Waals surface area (Å²) in [4.78, 5) is 11.2. The third-order valence-electron chi connectivity index (χ3n) is 2.58. The van der Waals surface area contributed by atoms with Crippen LogP contribution in [-0.4, -0.2) is 19.6 Å². The molecular formula is C14H22N2O2. The van der Waals surface area contributed by atoms with Crippen molar-refractivity contribution in [3.8, 4) is 5.75 Å². The van der Waals surface area contributed by atoms with E-state index in [0.29, 0.717) is 13.0 Å². The van der Waals surface area contributed by atoms with Crippen molar-refractivity contribution in [1.82, 2.24) is 10.9 Å². The molecule has 2 N–H and O–H groups in total. The molecule has 0 aliphatic rings. The Morgan fingerprint density at radius 3 is 2.33 bits per heavy atom. The molecule has 0 atom stereocenters. The highest BCUT2D eigenvalue weighted by Crippen LogP contribution is 2.24. The van der Waals surface area contributed by atoms with Gasteiger partial charge < -0.3 is 4.74 Å². The van der Waals surface area contributed by atoms with Crippen molar-refractivity contribution in [1.29, 1.82) is 0 Å². The second-order valence-electron chi connectivity index (χ2n) is 5.17. The van der Waals surface area contributed by atoms with Gasteiger partial charge in [0.15, 0.2) is 0 Å². The predicted octanol–water partition coefficient (Wildman–Crippen LogP) is 2.00. The van der Waals surface area contributed by atoms with Crippen LogP contribution in [-0.2, 0) is 10.2 Å². The Kier molecular flexibility index (Phi) is 5.16. The van der Waals surface area contributed by atoms with Gasteiger partial charge in [0.25, 0.3) is 0 Å². The van der Waals surface area contributed by atoms with Gasteiger partial charge in [-0.25, -0.2) is 5.43 Å². The molecule has 0 bridgehead atoms. The Hall–Kier alpha value is -1.55. The normalized spacial score (nSPS) is 11.1. The van der Waals surface area contributed by atoms with Crippen LogP contribution < -0.4 is 15.6 Å². The third kappa shape index (κ3) is 4.75. The first kappa shape index (κ1) is 14.5. The maximum Gasteiger partial charge on any atom is 0.237 e. The van der Waals surface area contributed by atoms with E-state index in [1.54, 1.807) is 7.05 Å². The number of benzene rings is 1. The molecule has 100 valence electrons. The maximum absolute atomic E-state index is 11.2. The molecule has 18 heavy (non-hydrogen) atoms. The molecule has 1 aromatic rings. The van der Waals surface area contributed by atoms with E-state index >= 15 is 0 Å².